The van der Waals surface area contributed by atoms with Crippen molar-refractivity contribution in [1.29, 1.82) is 0 Å². The molecule has 26 heavy (non-hydrogen) atoms. The number of allylic oxidation sites excluding steroid dienone is 2. The van der Waals surface area contributed by atoms with Gasteiger partial charge in [0.05, 0.1) is 0 Å². The van der Waals surface area contributed by atoms with Gasteiger partial charge in [-0.1, -0.05) is 24.6 Å². The van der Waals surface area contributed by atoms with Crippen LogP contribution in [0.25, 0.3) is 0 Å². The van der Waals surface area contributed by atoms with Crippen molar-refractivity contribution in [3.8, 4) is 5.75 Å². The summed E-state index contributed by atoms with van der Waals surface area (Å²) >= 11 is 0. The van der Waals surface area contributed by atoms with E-state index < -0.39 is 10.3 Å². The van der Waals surface area contributed by atoms with Gasteiger partial charge in [0.15, 0.2) is 0 Å². The summed E-state index contributed by atoms with van der Waals surface area (Å²) in [7, 11) is -3.98. The Hall–Kier alpha value is -1.33. The van der Waals surface area contributed by atoms with Crippen LogP contribution in [0.3, 0.4) is 0 Å². The largest absolute Gasteiger partial charge is 0.380 e. The van der Waals surface area contributed by atoms with E-state index in [9.17, 15) is 8.42 Å². The first-order valence-electron chi connectivity index (χ1n) is 9.74. The lowest BCUT2D eigenvalue weighted by atomic mass is 9.55. The van der Waals surface area contributed by atoms with E-state index in [0.29, 0.717) is 17.1 Å². The van der Waals surface area contributed by atoms with Crippen LogP contribution in [-0.4, -0.2) is 8.42 Å². The molecule has 1 aromatic rings. The van der Waals surface area contributed by atoms with Gasteiger partial charge in [0.1, 0.15) is 5.75 Å². The summed E-state index contributed by atoms with van der Waals surface area (Å²) in [6.07, 6.45) is 9.59. The zero-order valence-electron chi connectivity index (χ0n) is 15.9. The molecule has 0 amide bonds. The minimum absolute atomic E-state index is 0.377. The van der Waals surface area contributed by atoms with Crippen LogP contribution in [0.1, 0.15) is 68.6 Å². The molecule has 5 heteroatoms. The molecule has 0 spiro atoms. The second kappa shape index (κ2) is 6.10. The van der Waals surface area contributed by atoms with Gasteiger partial charge in [-0.2, -0.15) is 13.6 Å². The van der Waals surface area contributed by atoms with Crippen LogP contribution in [-0.2, 0) is 16.7 Å². The Bertz CT molecular complexity index is 873. The zero-order valence-corrected chi connectivity index (χ0v) is 16.7. The highest BCUT2D eigenvalue weighted by molar-refractivity contribution is 7.84. The van der Waals surface area contributed by atoms with Gasteiger partial charge in [0, 0.05) is 0 Å². The molecule has 4 rings (SSSR count). The zero-order chi connectivity index (χ0) is 18.7. The molecule has 2 N–H and O–H groups in total. The van der Waals surface area contributed by atoms with Crippen molar-refractivity contribution in [2.75, 3.05) is 0 Å². The summed E-state index contributed by atoms with van der Waals surface area (Å²) in [5, 5.41) is 5.06. The first-order chi connectivity index (χ1) is 12.2. The van der Waals surface area contributed by atoms with Crippen LogP contribution in [0.2, 0.25) is 0 Å². The molecule has 3 aliphatic rings. The predicted molar refractivity (Wildman–Crippen MR) is 103 cm³/mol. The number of hydrogen-bond acceptors (Lipinski definition) is 3. The molecule has 1 aromatic carbocycles. The summed E-state index contributed by atoms with van der Waals surface area (Å²) < 4.78 is 27.6. The van der Waals surface area contributed by atoms with Crippen LogP contribution >= 0.6 is 0 Å². The fraction of sp³-hybridized carbons (Fsp3) is 0.619. The molecule has 0 bridgehead atoms. The van der Waals surface area contributed by atoms with Crippen molar-refractivity contribution >= 4 is 10.3 Å². The van der Waals surface area contributed by atoms with Gasteiger partial charge in [0.25, 0.3) is 0 Å². The predicted octanol–water partition coefficient (Wildman–Crippen LogP) is 4.38. The third-order valence-electron chi connectivity index (χ3n) is 7.42. The topological polar surface area (TPSA) is 69.4 Å². The van der Waals surface area contributed by atoms with Gasteiger partial charge in [-0.3, -0.25) is 0 Å². The number of fused-ring (bicyclic) bond motifs is 5. The van der Waals surface area contributed by atoms with Gasteiger partial charge >= 0.3 is 10.3 Å². The van der Waals surface area contributed by atoms with Crippen LogP contribution < -0.4 is 9.32 Å². The monoisotopic (exact) mass is 375 g/mol. The number of hydrogen-bond donors (Lipinski definition) is 1. The van der Waals surface area contributed by atoms with Gasteiger partial charge in [-0.05, 0) is 98.3 Å². The van der Waals surface area contributed by atoms with Crippen molar-refractivity contribution in [2.45, 2.75) is 65.2 Å². The highest BCUT2D eigenvalue weighted by Crippen LogP contribution is 2.62. The molecule has 0 aromatic heterocycles. The Morgan fingerprint density at radius 2 is 2.00 bits per heavy atom. The average molecular weight is 376 g/mol. The summed E-state index contributed by atoms with van der Waals surface area (Å²) in [5.74, 6) is 2.49. The molecule has 4 nitrogen and oxygen atoms in total. The van der Waals surface area contributed by atoms with E-state index in [1.165, 1.54) is 43.2 Å². The third-order valence-corrected chi connectivity index (χ3v) is 7.83. The second-order valence-electron chi connectivity index (χ2n) is 8.62. The Morgan fingerprint density at radius 1 is 1.23 bits per heavy atom. The molecule has 0 saturated heterocycles. The van der Waals surface area contributed by atoms with Crippen molar-refractivity contribution in [3.63, 3.8) is 0 Å². The molecule has 0 aliphatic heterocycles. The molecular formula is C21H29NO3S. The Morgan fingerprint density at radius 3 is 2.69 bits per heavy atom. The minimum Gasteiger partial charge on any atom is -0.371 e. The van der Waals surface area contributed by atoms with Crippen molar-refractivity contribution in [2.24, 2.45) is 22.4 Å². The molecule has 0 heterocycles. The Kier molecular flexibility index (Phi) is 4.23. The van der Waals surface area contributed by atoms with Crippen LogP contribution in [0, 0.1) is 24.2 Å². The number of benzene rings is 1. The maximum atomic E-state index is 11.3. The van der Waals surface area contributed by atoms with E-state index >= 15 is 0 Å². The normalized spacial score (nSPS) is 34.9. The van der Waals surface area contributed by atoms with E-state index in [1.54, 1.807) is 5.57 Å². The maximum Gasteiger partial charge on any atom is 0.380 e. The maximum absolute atomic E-state index is 11.3. The Balaban J connectivity index is 1.69. The van der Waals surface area contributed by atoms with Crippen LogP contribution in [0.15, 0.2) is 23.8 Å². The molecule has 0 radical (unpaired) electrons. The lowest BCUT2D eigenvalue weighted by Crippen LogP contribution is -2.40. The van der Waals surface area contributed by atoms with Gasteiger partial charge in [-0.15, -0.1) is 0 Å². The first-order valence-corrected chi connectivity index (χ1v) is 11.2. The van der Waals surface area contributed by atoms with E-state index in [-0.39, 0.29) is 0 Å². The van der Waals surface area contributed by atoms with Gasteiger partial charge < -0.3 is 4.18 Å². The van der Waals surface area contributed by atoms with Crippen molar-refractivity contribution < 1.29 is 12.6 Å². The van der Waals surface area contributed by atoms with E-state index in [1.807, 2.05) is 13.0 Å². The molecule has 4 atom stereocenters. The number of aryl methyl sites for hydroxylation is 2. The summed E-state index contributed by atoms with van der Waals surface area (Å²) in [5.41, 5.74) is 5.56. The fourth-order valence-electron chi connectivity index (χ4n) is 6.25. The average Bonchev–Trinajstić information content (AvgIpc) is 2.90. The lowest BCUT2D eigenvalue weighted by Gasteiger charge is -2.49. The quantitative estimate of drug-likeness (QED) is 0.780. The second-order valence-corrected chi connectivity index (χ2v) is 9.77. The summed E-state index contributed by atoms with van der Waals surface area (Å²) in [6.45, 7) is 6.59. The fourth-order valence-corrected chi connectivity index (χ4v) is 6.68. The molecular weight excluding hydrogens is 346 g/mol. The van der Waals surface area contributed by atoms with E-state index in [2.05, 4.69) is 26.0 Å². The van der Waals surface area contributed by atoms with Crippen molar-refractivity contribution in [3.05, 3.63) is 40.5 Å². The minimum atomic E-state index is -3.98. The standard InChI is InChI=1S/C21H29NO3S/c1-4-15-6-8-19-17-7-5-14-12-20(25-26(22,23)24)13(2)11-18(14)16(17)9-10-21(15,19)3/h4,11-12,16-17,19H,5-10H2,1-3H3,(H2,22,23,24)/t16?,17?,19?,21-/m1/s1. The molecule has 3 unspecified atom stereocenters. The molecule has 2 fully saturated rings. The highest BCUT2D eigenvalue weighted by atomic mass is 32.2. The summed E-state index contributed by atoms with van der Waals surface area (Å²) in [6, 6.07) is 4.06. The highest BCUT2D eigenvalue weighted by Gasteiger charge is 2.52. The van der Waals surface area contributed by atoms with Gasteiger partial charge in [0.2, 0.25) is 0 Å². The molecule has 2 saturated carbocycles. The van der Waals surface area contributed by atoms with Crippen LogP contribution in [0.5, 0.6) is 5.75 Å². The molecule has 142 valence electrons. The smallest absolute Gasteiger partial charge is 0.371 e. The summed E-state index contributed by atoms with van der Waals surface area (Å²) in [4.78, 5) is 0. The Labute approximate surface area is 157 Å². The SMILES string of the molecule is CC=C1CCC2C3CCc4cc(OS(N)(=O)=O)c(C)cc4C3CC[C@]12C. The van der Waals surface area contributed by atoms with Crippen molar-refractivity contribution in [1.82, 2.24) is 0 Å². The molecule has 3 aliphatic carbocycles. The van der Waals surface area contributed by atoms with E-state index in [4.69, 9.17) is 9.32 Å². The number of rotatable bonds is 2. The number of nitrogens with two attached hydrogens (primary N) is 1. The van der Waals surface area contributed by atoms with E-state index in [0.717, 1.165) is 23.8 Å². The first kappa shape index (κ1) is 18.1. The van der Waals surface area contributed by atoms with Crippen LogP contribution in [0.4, 0.5) is 0 Å². The van der Waals surface area contributed by atoms with Gasteiger partial charge in [-0.25, -0.2) is 0 Å². The third kappa shape index (κ3) is 2.80. The lowest BCUT2D eigenvalue weighted by molar-refractivity contribution is 0.0813.